The molecule has 0 aliphatic carbocycles. The Kier molecular flexibility index (Phi) is 2.78. The number of aromatic amines is 1. The van der Waals surface area contributed by atoms with Crippen LogP contribution in [-0.4, -0.2) is 27.9 Å². The van der Waals surface area contributed by atoms with Gasteiger partial charge in [0.2, 0.25) is 11.8 Å². The number of rotatable bonds is 2. The van der Waals surface area contributed by atoms with Crippen LogP contribution in [0, 0.1) is 0 Å². The maximum absolute atomic E-state index is 11.8. The minimum Gasteiger partial charge on any atom is -0.477 e. The van der Waals surface area contributed by atoms with Crippen molar-refractivity contribution in [2.75, 3.05) is 0 Å². The van der Waals surface area contributed by atoms with Crippen LogP contribution in [0.25, 0.3) is 10.9 Å². The normalized spacial score (nSPS) is 19.1. The number of aromatic carboxylic acids is 1. The summed E-state index contributed by atoms with van der Waals surface area (Å²) < 4.78 is 0. The molecular formula is C14H12N2O4. The number of carbonyl (C=O) groups excluding carboxylic acids is 2. The molecule has 2 amide bonds. The lowest BCUT2D eigenvalue weighted by Gasteiger charge is -2.21. The number of fused-ring (bicyclic) bond motifs is 1. The van der Waals surface area contributed by atoms with E-state index in [1.807, 2.05) is 0 Å². The minimum atomic E-state index is -1.02. The smallest absolute Gasteiger partial charge is 0.352 e. The SMILES string of the molecule is O=C1CCC(c2ccc3cc(C(=O)O)[nH]c3c2)C(=O)N1. The lowest BCUT2D eigenvalue weighted by atomic mass is 9.90. The van der Waals surface area contributed by atoms with Gasteiger partial charge in [0.1, 0.15) is 5.69 Å². The number of imide groups is 1. The fourth-order valence-corrected chi connectivity index (χ4v) is 2.49. The standard InChI is InChI=1S/C14H12N2O4/c17-12-4-3-9(13(18)16-12)7-1-2-8-6-11(14(19)20)15-10(8)5-7/h1-2,5-6,9,15H,3-4H2,(H,19,20)(H,16,17,18). The van der Waals surface area contributed by atoms with Gasteiger partial charge in [-0.25, -0.2) is 4.79 Å². The van der Waals surface area contributed by atoms with E-state index in [1.54, 1.807) is 24.3 Å². The molecule has 0 spiro atoms. The third kappa shape index (κ3) is 2.05. The zero-order chi connectivity index (χ0) is 14.3. The summed E-state index contributed by atoms with van der Waals surface area (Å²) in [5.41, 5.74) is 1.56. The lowest BCUT2D eigenvalue weighted by Crippen LogP contribution is -2.39. The zero-order valence-electron chi connectivity index (χ0n) is 10.5. The van der Waals surface area contributed by atoms with Gasteiger partial charge in [-0.15, -0.1) is 0 Å². The van der Waals surface area contributed by atoms with E-state index in [9.17, 15) is 14.4 Å². The molecule has 102 valence electrons. The number of carboxylic acids is 1. The number of H-pyrrole nitrogens is 1. The van der Waals surface area contributed by atoms with Crippen LogP contribution in [0.4, 0.5) is 0 Å². The van der Waals surface area contributed by atoms with E-state index in [0.717, 1.165) is 10.9 Å². The molecule has 6 nitrogen and oxygen atoms in total. The van der Waals surface area contributed by atoms with Crippen LogP contribution < -0.4 is 5.32 Å². The Labute approximate surface area is 113 Å². The average molecular weight is 272 g/mol. The highest BCUT2D eigenvalue weighted by Gasteiger charge is 2.28. The van der Waals surface area contributed by atoms with Crippen molar-refractivity contribution in [2.45, 2.75) is 18.8 Å². The molecule has 1 unspecified atom stereocenters. The number of piperidine rings is 1. The molecule has 0 bridgehead atoms. The van der Waals surface area contributed by atoms with E-state index in [-0.39, 0.29) is 23.4 Å². The van der Waals surface area contributed by atoms with Crippen molar-refractivity contribution in [3.05, 3.63) is 35.5 Å². The van der Waals surface area contributed by atoms with E-state index in [4.69, 9.17) is 5.11 Å². The predicted molar refractivity (Wildman–Crippen MR) is 70.4 cm³/mol. The summed E-state index contributed by atoms with van der Waals surface area (Å²) >= 11 is 0. The summed E-state index contributed by atoms with van der Waals surface area (Å²) in [5, 5.41) is 12.0. The molecule has 6 heteroatoms. The van der Waals surface area contributed by atoms with Crippen molar-refractivity contribution >= 4 is 28.7 Å². The molecule has 1 aliphatic heterocycles. The number of carboxylic acid groups (broad SMARTS) is 1. The first-order chi connectivity index (χ1) is 9.54. The second-order valence-electron chi connectivity index (χ2n) is 4.84. The number of aromatic nitrogens is 1. The largest absolute Gasteiger partial charge is 0.477 e. The topological polar surface area (TPSA) is 99.3 Å². The number of nitrogens with one attached hydrogen (secondary N) is 2. The first-order valence-electron chi connectivity index (χ1n) is 6.24. The van der Waals surface area contributed by atoms with Crippen molar-refractivity contribution in [3.8, 4) is 0 Å². The Hall–Kier alpha value is -2.63. The van der Waals surface area contributed by atoms with Crippen LogP contribution in [0.3, 0.4) is 0 Å². The van der Waals surface area contributed by atoms with Crippen molar-refractivity contribution in [2.24, 2.45) is 0 Å². The zero-order valence-corrected chi connectivity index (χ0v) is 10.5. The number of amides is 2. The Bertz CT molecular complexity index is 732. The van der Waals surface area contributed by atoms with Crippen LogP contribution in [0.5, 0.6) is 0 Å². The Morgan fingerprint density at radius 3 is 2.75 bits per heavy atom. The highest BCUT2D eigenvalue weighted by Crippen LogP contribution is 2.27. The number of hydrogen-bond acceptors (Lipinski definition) is 3. The molecule has 0 saturated carbocycles. The maximum Gasteiger partial charge on any atom is 0.352 e. The third-order valence-corrected chi connectivity index (χ3v) is 3.52. The molecule has 1 fully saturated rings. The first kappa shape index (κ1) is 12.4. The Balaban J connectivity index is 1.98. The summed E-state index contributed by atoms with van der Waals surface area (Å²) in [5.74, 6) is -1.94. The highest BCUT2D eigenvalue weighted by atomic mass is 16.4. The maximum atomic E-state index is 11.8. The molecule has 20 heavy (non-hydrogen) atoms. The molecule has 3 rings (SSSR count). The summed E-state index contributed by atoms with van der Waals surface area (Å²) in [6, 6.07) is 6.88. The summed E-state index contributed by atoms with van der Waals surface area (Å²) in [6.45, 7) is 0. The van der Waals surface area contributed by atoms with E-state index < -0.39 is 5.97 Å². The van der Waals surface area contributed by atoms with Gasteiger partial charge in [-0.1, -0.05) is 12.1 Å². The first-order valence-corrected chi connectivity index (χ1v) is 6.24. The molecule has 3 N–H and O–H groups in total. The molecule has 1 aromatic heterocycles. The monoisotopic (exact) mass is 272 g/mol. The Morgan fingerprint density at radius 2 is 2.05 bits per heavy atom. The van der Waals surface area contributed by atoms with Gasteiger partial charge in [0, 0.05) is 17.3 Å². The van der Waals surface area contributed by atoms with Gasteiger partial charge in [0.25, 0.3) is 0 Å². The molecule has 1 aliphatic rings. The summed E-state index contributed by atoms with van der Waals surface area (Å²) in [7, 11) is 0. The lowest BCUT2D eigenvalue weighted by molar-refractivity contribution is -0.134. The van der Waals surface area contributed by atoms with Crippen LogP contribution >= 0.6 is 0 Å². The number of benzene rings is 1. The van der Waals surface area contributed by atoms with Crippen molar-refractivity contribution in [3.63, 3.8) is 0 Å². The Morgan fingerprint density at radius 1 is 1.25 bits per heavy atom. The number of hydrogen-bond donors (Lipinski definition) is 3. The predicted octanol–water partition coefficient (Wildman–Crippen LogP) is 1.39. The summed E-state index contributed by atoms with van der Waals surface area (Å²) in [4.78, 5) is 36.7. The second-order valence-corrected chi connectivity index (χ2v) is 4.84. The van der Waals surface area contributed by atoms with Gasteiger partial charge in [-0.05, 0) is 24.1 Å². The van der Waals surface area contributed by atoms with Gasteiger partial charge < -0.3 is 10.1 Å². The van der Waals surface area contributed by atoms with Crippen molar-refractivity contribution < 1.29 is 19.5 Å². The molecule has 0 radical (unpaired) electrons. The highest BCUT2D eigenvalue weighted by molar-refractivity contribution is 6.01. The minimum absolute atomic E-state index is 0.112. The van der Waals surface area contributed by atoms with Crippen LogP contribution in [0.2, 0.25) is 0 Å². The molecule has 2 heterocycles. The molecule has 1 aromatic carbocycles. The fourth-order valence-electron chi connectivity index (χ4n) is 2.49. The van der Waals surface area contributed by atoms with E-state index in [0.29, 0.717) is 18.4 Å². The molecule has 2 aromatic rings. The van der Waals surface area contributed by atoms with Crippen LogP contribution in [0.15, 0.2) is 24.3 Å². The fraction of sp³-hybridized carbons (Fsp3) is 0.214. The molecule has 1 saturated heterocycles. The van der Waals surface area contributed by atoms with Gasteiger partial charge in [0.05, 0.1) is 5.92 Å². The molecular weight excluding hydrogens is 260 g/mol. The van der Waals surface area contributed by atoms with Crippen molar-refractivity contribution in [1.29, 1.82) is 0 Å². The molecule has 1 atom stereocenters. The van der Waals surface area contributed by atoms with E-state index in [1.165, 1.54) is 0 Å². The van der Waals surface area contributed by atoms with Gasteiger partial charge in [-0.2, -0.15) is 0 Å². The average Bonchev–Trinajstić information content (AvgIpc) is 2.81. The van der Waals surface area contributed by atoms with E-state index in [2.05, 4.69) is 10.3 Å². The van der Waals surface area contributed by atoms with Gasteiger partial charge >= 0.3 is 5.97 Å². The third-order valence-electron chi connectivity index (χ3n) is 3.52. The quantitative estimate of drug-likeness (QED) is 0.719. The van der Waals surface area contributed by atoms with Gasteiger partial charge in [-0.3, -0.25) is 14.9 Å². The number of carbonyl (C=O) groups is 3. The summed E-state index contributed by atoms with van der Waals surface area (Å²) in [6.07, 6.45) is 0.794. The second kappa shape index (κ2) is 4.48. The van der Waals surface area contributed by atoms with Crippen LogP contribution in [-0.2, 0) is 9.59 Å². The van der Waals surface area contributed by atoms with Crippen molar-refractivity contribution in [1.82, 2.24) is 10.3 Å². The van der Waals surface area contributed by atoms with Gasteiger partial charge in [0.15, 0.2) is 0 Å². The van der Waals surface area contributed by atoms with Crippen LogP contribution in [0.1, 0.15) is 34.8 Å². The van der Waals surface area contributed by atoms with E-state index >= 15 is 0 Å².